The van der Waals surface area contributed by atoms with Crippen LogP contribution in [0.2, 0.25) is 0 Å². The fraction of sp³-hybridized carbons (Fsp3) is 0.316. The first-order valence-electron chi connectivity index (χ1n) is 7.88. The van der Waals surface area contributed by atoms with Gasteiger partial charge in [-0.25, -0.2) is 0 Å². The van der Waals surface area contributed by atoms with Gasteiger partial charge in [0.2, 0.25) is 5.91 Å². The molecule has 0 fully saturated rings. The van der Waals surface area contributed by atoms with Gasteiger partial charge in [0.25, 0.3) is 0 Å². The minimum Gasteiger partial charge on any atom is -0.376 e. The summed E-state index contributed by atoms with van der Waals surface area (Å²) in [5.41, 5.74) is 0.800. The van der Waals surface area contributed by atoms with E-state index in [0.29, 0.717) is 0 Å². The van der Waals surface area contributed by atoms with Crippen LogP contribution in [-0.4, -0.2) is 12.5 Å². The fourth-order valence-corrected chi connectivity index (χ4v) is 2.30. The van der Waals surface area contributed by atoms with Gasteiger partial charge in [-0.05, 0) is 35.2 Å². The van der Waals surface area contributed by atoms with Gasteiger partial charge in [-0.3, -0.25) is 4.79 Å². The minimum atomic E-state index is -4.51. The number of nitrogens with one attached hydrogen (secondary N) is 2. The van der Waals surface area contributed by atoms with Crippen LogP contribution in [0.1, 0.15) is 31.9 Å². The Balaban J connectivity index is 1.98. The third-order valence-corrected chi connectivity index (χ3v) is 3.71. The van der Waals surface area contributed by atoms with Crippen molar-refractivity contribution in [1.82, 2.24) is 0 Å². The lowest BCUT2D eigenvalue weighted by molar-refractivity contribution is -0.137. The SMILES string of the molecule is CC(C)(C)c1ccc(NCC(=O)Nc2ccccc2C(F)(F)F)cc1. The average Bonchev–Trinajstić information content (AvgIpc) is 2.52. The molecule has 0 radical (unpaired) electrons. The van der Waals surface area contributed by atoms with Gasteiger partial charge in [-0.15, -0.1) is 0 Å². The summed E-state index contributed by atoms with van der Waals surface area (Å²) in [6, 6.07) is 12.5. The first kappa shape index (κ1) is 18.8. The monoisotopic (exact) mass is 350 g/mol. The number of carbonyl (C=O) groups is 1. The quantitative estimate of drug-likeness (QED) is 0.810. The van der Waals surface area contributed by atoms with E-state index in [2.05, 4.69) is 31.4 Å². The number of amides is 1. The van der Waals surface area contributed by atoms with Crippen LogP contribution in [0.4, 0.5) is 24.5 Å². The Morgan fingerprint density at radius 1 is 0.960 bits per heavy atom. The van der Waals surface area contributed by atoms with Gasteiger partial charge in [0.1, 0.15) is 0 Å². The summed E-state index contributed by atoms with van der Waals surface area (Å²) in [6.07, 6.45) is -4.51. The number of anilines is 2. The molecule has 25 heavy (non-hydrogen) atoms. The molecule has 0 heterocycles. The second kappa shape index (κ2) is 7.17. The molecule has 0 bridgehead atoms. The Bertz CT molecular complexity index is 732. The van der Waals surface area contributed by atoms with Crippen LogP contribution in [0, 0.1) is 0 Å². The summed E-state index contributed by atoms with van der Waals surface area (Å²) < 4.78 is 38.8. The Kier molecular flexibility index (Phi) is 5.40. The summed E-state index contributed by atoms with van der Waals surface area (Å²) >= 11 is 0. The predicted octanol–water partition coefficient (Wildman–Crippen LogP) is 5.05. The van der Waals surface area contributed by atoms with Crippen LogP contribution in [0.5, 0.6) is 0 Å². The molecule has 0 saturated carbocycles. The lowest BCUT2D eigenvalue weighted by Gasteiger charge is -2.19. The number of halogens is 3. The van der Waals surface area contributed by atoms with Crippen molar-refractivity contribution in [2.24, 2.45) is 0 Å². The van der Waals surface area contributed by atoms with Crippen molar-refractivity contribution in [3.8, 4) is 0 Å². The summed E-state index contributed by atoms with van der Waals surface area (Å²) in [6.45, 7) is 6.17. The van der Waals surface area contributed by atoms with Crippen LogP contribution >= 0.6 is 0 Å². The third kappa shape index (κ3) is 5.24. The molecule has 2 N–H and O–H groups in total. The van der Waals surface area contributed by atoms with Gasteiger partial charge in [0.15, 0.2) is 0 Å². The van der Waals surface area contributed by atoms with Gasteiger partial charge >= 0.3 is 6.18 Å². The topological polar surface area (TPSA) is 41.1 Å². The standard InChI is InChI=1S/C19H21F3N2O/c1-18(2,3)13-8-10-14(11-9-13)23-12-17(25)24-16-7-5-4-6-15(16)19(20,21)22/h4-11,23H,12H2,1-3H3,(H,24,25). The molecule has 2 aromatic rings. The number of benzene rings is 2. The van der Waals surface area contributed by atoms with E-state index in [1.54, 1.807) is 0 Å². The highest BCUT2D eigenvalue weighted by Crippen LogP contribution is 2.34. The molecule has 134 valence electrons. The number of alkyl halides is 3. The zero-order chi connectivity index (χ0) is 18.7. The number of carbonyl (C=O) groups excluding carboxylic acids is 1. The van der Waals surface area contributed by atoms with Crippen molar-refractivity contribution in [2.75, 3.05) is 17.2 Å². The molecule has 0 aromatic heterocycles. The molecule has 3 nitrogen and oxygen atoms in total. The number of rotatable bonds is 4. The Morgan fingerprint density at radius 3 is 2.12 bits per heavy atom. The van der Waals surface area contributed by atoms with E-state index in [-0.39, 0.29) is 17.6 Å². The minimum absolute atomic E-state index is 0.0250. The molecule has 0 aliphatic rings. The molecular weight excluding hydrogens is 329 g/mol. The van der Waals surface area contributed by atoms with Crippen LogP contribution in [0.15, 0.2) is 48.5 Å². The summed E-state index contributed by atoms with van der Waals surface area (Å²) in [4.78, 5) is 12.0. The second-order valence-electron chi connectivity index (χ2n) is 6.77. The lowest BCUT2D eigenvalue weighted by Crippen LogP contribution is -2.23. The van der Waals surface area contributed by atoms with E-state index >= 15 is 0 Å². The van der Waals surface area contributed by atoms with Crippen molar-refractivity contribution < 1.29 is 18.0 Å². The van der Waals surface area contributed by atoms with E-state index in [0.717, 1.165) is 17.3 Å². The molecule has 0 saturated heterocycles. The number of para-hydroxylation sites is 1. The van der Waals surface area contributed by atoms with E-state index in [1.165, 1.54) is 18.2 Å². The van der Waals surface area contributed by atoms with E-state index < -0.39 is 17.6 Å². The van der Waals surface area contributed by atoms with Crippen molar-refractivity contribution >= 4 is 17.3 Å². The number of hydrogen-bond donors (Lipinski definition) is 2. The molecule has 1 amide bonds. The normalized spacial score (nSPS) is 11.9. The first-order chi connectivity index (χ1) is 11.6. The molecule has 0 spiro atoms. The molecule has 0 aliphatic carbocycles. The van der Waals surface area contributed by atoms with Gasteiger partial charge in [-0.1, -0.05) is 45.0 Å². The number of hydrogen-bond acceptors (Lipinski definition) is 2. The third-order valence-electron chi connectivity index (χ3n) is 3.71. The summed E-state index contributed by atoms with van der Waals surface area (Å²) in [7, 11) is 0. The molecule has 2 rings (SSSR count). The maximum Gasteiger partial charge on any atom is 0.418 e. The average molecular weight is 350 g/mol. The lowest BCUT2D eigenvalue weighted by atomic mass is 9.87. The molecule has 0 aliphatic heterocycles. The van der Waals surface area contributed by atoms with Crippen LogP contribution in [0.3, 0.4) is 0 Å². The van der Waals surface area contributed by atoms with E-state index in [1.807, 2.05) is 24.3 Å². The van der Waals surface area contributed by atoms with Crippen LogP contribution in [-0.2, 0) is 16.4 Å². The highest BCUT2D eigenvalue weighted by molar-refractivity contribution is 5.94. The zero-order valence-corrected chi connectivity index (χ0v) is 14.4. The second-order valence-corrected chi connectivity index (χ2v) is 6.77. The van der Waals surface area contributed by atoms with Crippen LogP contribution < -0.4 is 10.6 Å². The van der Waals surface area contributed by atoms with Crippen LogP contribution in [0.25, 0.3) is 0 Å². The van der Waals surface area contributed by atoms with Crippen molar-refractivity contribution in [1.29, 1.82) is 0 Å². The maximum atomic E-state index is 12.9. The highest BCUT2D eigenvalue weighted by Gasteiger charge is 2.33. The summed E-state index contributed by atoms with van der Waals surface area (Å²) in [5.74, 6) is -0.545. The van der Waals surface area contributed by atoms with Gasteiger partial charge in [-0.2, -0.15) is 13.2 Å². The molecule has 0 unspecified atom stereocenters. The van der Waals surface area contributed by atoms with Crippen molar-refractivity contribution in [2.45, 2.75) is 32.4 Å². The molecule has 2 aromatic carbocycles. The summed E-state index contributed by atoms with van der Waals surface area (Å²) in [5, 5.41) is 5.21. The highest BCUT2D eigenvalue weighted by atomic mass is 19.4. The fourth-order valence-electron chi connectivity index (χ4n) is 2.30. The van der Waals surface area contributed by atoms with E-state index in [4.69, 9.17) is 0 Å². The Hall–Kier alpha value is -2.50. The van der Waals surface area contributed by atoms with Crippen molar-refractivity contribution in [3.63, 3.8) is 0 Å². The van der Waals surface area contributed by atoms with Gasteiger partial charge < -0.3 is 10.6 Å². The molecule has 6 heteroatoms. The smallest absolute Gasteiger partial charge is 0.376 e. The Labute approximate surface area is 145 Å². The largest absolute Gasteiger partial charge is 0.418 e. The predicted molar refractivity (Wildman–Crippen MR) is 93.7 cm³/mol. The Morgan fingerprint density at radius 2 is 1.56 bits per heavy atom. The van der Waals surface area contributed by atoms with Gasteiger partial charge in [0, 0.05) is 5.69 Å². The first-order valence-corrected chi connectivity index (χ1v) is 7.88. The van der Waals surface area contributed by atoms with Gasteiger partial charge in [0.05, 0.1) is 17.8 Å². The maximum absolute atomic E-state index is 12.9. The van der Waals surface area contributed by atoms with Crippen molar-refractivity contribution in [3.05, 3.63) is 59.7 Å². The molecule has 0 atom stereocenters. The zero-order valence-electron chi connectivity index (χ0n) is 14.4. The molecular formula is C19H21F3N2O. The van der Waals surface area contributed by atoms with E-state index in [9.17, 15) is 18.0 Å².